The Labute approximate surface area is 116 Å². The average molecular weight is 270 g/mol. The molecule has 0 saturated carbocycles. The number of aromatic hydroxyl groups is 1. The Morgan fingerprint density at radius 1 is 1.35 bits per heavy atom. The summed E-state index contributed by atoms with van der Waals surface area (Å²) in [5.74, 6) is 0.900. The van der Waals surface area contributed by atoms with Gasteiger partial charge in [0.15, 0.2) is 5.89 Å². The van der Waals surface area contributed by atoms with Crippen LogP contribution in [0.4, 0.5) is 5.88 Å². The molecule has 6 heteroatoms. The van der Waals surface area contributed by atoms with Crippen molar-refractivity contribution >= 4 is 12.1 Å². The maximum absolute atomic E-state index is 9.69. The van der Waals surface area contributed by atoms with Crippen LogP contribution in [0.3, 0.4) is 0 Å². The van der Waals surface area contributed by atoms with Crippen LogP contribution < -0.4 is 5.43 Å². The quantitative estimate of drug-likeness (QED) is 0.660. The number of nitrogens with zero attached hydrogens (tertiary/aromatic N) is 3. The van der Waals surface area contributed by atoms with Crippen LogP contribution in [-0.4, -0.2) is 16.3 Å². The summed E-state index contributed by atoms with van der Waals surface area (Å²) in [4.78, 5) is 3.90. The lowest BCUT2D eigenvalue weighted by molar-refractivity contribution is 0.467. The zero-order valence-corrected chi connectivity index (χ0v) is 11.4. The maximum Gasteiger partial charge on any atom is 0.252 e. The molecular formula is C14H14N4O2. The second-order valence-electron chi connectivity index (χ2n) is 4.40. The minimum Gasteiger partial charge on any atom is -0.507 e. The minimum atomic E-state index is 0.165. The third kappa shape index (κ3) is 2.78. The molecule has 6 nitrogen and oxygen atoms in total. The van der Waals surface area contributed by atoms with Gasteiger partial charge < -0.3 is 9.52 Å². The molecule has 0 radical (unpaired) electrons. The predicted octanol–water partition coefficient (Wildman–Crippen LogP) is 2.62. The number of oxazole rings is 1. The molecule has 0 spiro atoms. The lowest BCUT2D eigenvalue weighted by Gasteiger charge is -2.04. The summed E-state index contributed by atoms with van der Waals surface area (Å²) in [7, 11) is 0. The molecule has 0 unspecified atom stereocenters. The van der Waals surface area contributed by atoms with Gasteiger partial charge in [-0.2, -0.15) is 10.4 Å². The molecule has 20 heavy (non-hydrogen) atoms. The van der Waals surface area contributed by atoms with E-state index in [0.29, 0.717) is 5.89 Å². The van der Waals surface area contributed by atoms with Crippen molar-refractivity contribution in [3.05, 3.63) is 40.4 Å². The normalized spacial score (nSPS) is 10.7. The Balaban J connectivity index is 2.16. The van der Waals surface area contributed by atoms with Gasteiger partial charge in [-0.25, -0.2) is 10.4 Å². The van der Waals surface area contributed by atoms with E-state index in [2.05, 4.69) is 15.5 Å². The van der Waals surface area contributed by atoms with E-state index in [-0.39, 0.29) is 17.3 Å². The number of benzene rings is 1. The molecule has 102 valence electrons. The molecule has 0 amide bonds. The van der Waals surface area contributed by atoms with Gasteiger partial charge in [-0.15, -0.1) is 0 Å². The first-order valence-electron chi connectivity index (χ1n) is 5.98. The van der Waals surface area contributed by atoms with Gasteiger partial charge in [0.05, 0.1) is 6.21 Å². The van der Waals surface area contributed by atoms with Gasteiger partial charge in [0, 0.05) is 6.92 Å². The summed E-state index contributed by atoms with van der Waals surface area (Å²) in [5, 5.41) is 22.5. The Hall–Kier alpha value is -2.81. The molecule has 1 aromatic heterocycles. The van der Waals surface area contributed by atoms with Crippen molar-refractivity contribution in [1.29, 1.82) is 5.26 Å². The summed E-state index contributed by atoms with van der Waals surface area (Å²) in [6.45, 7) is 5.30. The topological polar surface area (TPSA) is 94.4 Å². The summed E-state index contributed by atoms with van der Waals surface area (Å²) in [6.07, 6.45) is 1.58. The largest absolute Gasteiger partial charge is 0.507 e. The average Bonchev–Trinajstić information content (AvgIpc) is 2.76. The van der Waals surface area contributed by atoms with Crippen molar-refractivity contribution in [2.75, 3.05) is 5.43 Å². The number of nitriles is 1. The van der Waals surface area contributed by atoms with Gasteiger partial charge in [0.1, 0.15) is 11.8 Å². The summed E-state index contributed by atoms with van der Waals surface area (Å²) in [5.41, 5.74) is 5.20. The van der Waals surface area contributed by atoms with Crippen LogP contribution in [0.5, 0.6) is 5.75 Å². The molecule has 0 fully saturated rings. The lowest BCUT2D eigenvalue weighted by Crippen LogP contribution is -1.93. The molecule has 0 atom stereocenters. The number of hydrazone groups is 1. The highest BCUT2D eigenvalue weighted by Gasteiger charge is 2.08. The van der Waals surface area contributed by atoms with Crippen LogP contribution in [0.1, 0.15) is 28.3 Å². The van der Waals surface area contributed by atoms with E-state index < -0.39 is 0 Å². The fraction of sp³-hybridized carbons (Fsp3) is 0.214. The van der Waals surface area contributed by atoms with Crippen LogP contribution in [0.2, 0.25) is 0 Å². The van der Waals surface area contributed by atoms with E-state index in [1.54, 1.807) is 13.1 Å². The first-order valence-corrected chi connectivity index (χ1v) is 5.98. The molecule has 0 saturated heterocycles. The van der Waals surface area contributed by atoms with Crippen molar-refractivity contribution in [3.8, 4) is 11.8 Å². The second kappa shape index (κ2) is 5.45. The SMILES string of the molecule is Cc1nc(C#N)c(N/N=C/c2cc(C)c(O)c(C)c2)o1. The van der Waals surface area contributed by atoms with Crippen molar-refractivity contribution in [3.63, 3.8) is 0 Å². The molecule has 1 heterocycles. The molecule has 2 aromatic rings. The zero-order chi connectivity index (χ0) is 14.7. The van der Waals surface area contributed by atoms with Gasteiger partial charge >= 0.3 is 0 Å². The van der Waals surface area contributed by atoms with Crippen LogP contribution >= 0.6 is 0 Å². The molecule has 0 aliphatic heterocycles. The molecule has 2 rings (SSSR count). The fourth-order valence-electron chi connectivity index (χ4n) is 1.81. The van der Waals surface area contributed by atoms with Crippen LogP contribution in [0, 0.1) is 32.1 Å². The summed E-state index contributed by atoms with van der Waals surface area (Å²) in [6, 6.07) is 5.54. The van der Waals surface area contributed by atoms with E-state index in [9.17, 15) is 5.11 Å². The number of anilines is 1. The lowest BCUT2D eigenvalue weighted by atomic mass is 10.1. The van der Waals surface area contributed by atoms with Crippen molar-refractivity contribution in [1.82, 2.24) is 4.98 Å². The van der Waals surface area contributed by atoms with Gasteiger partial charge in [-0.1, -0.05) is 0 Å². The zero-order valence-electron chi connectivity index (χ0n) is 11.4. The first-order chi connectivity index (χ1) is 9.51. The Morgan fingerprint density at radius 2 is 2.00 bits per heavy atom. The second-order valence-corrected chi connectivity index (χ2v) is 4.40. The Kier molecular flexibility index (Phi) is 3.71. The number of hydrogen-bond donors (Lipinski definition) is 2. The van der Waals surface area contributed by atoms with Crippen molar-refractivity contribution in [2.45, 2.75) is 20.8 Å². The van der Waals surface area contributed by atoms with Crippen LogP contribution in [0.25, 0.3) is 0 Å². The van der Waals surface area contributed by atoms with Crippen LogP contribution in [-0.2, 0) is 0 Å². The van der Waals surface area contributed by atoms with Crippen molar-refractivity contribution in [2.24, 2.45) is 5.10 Å². The van der Waals surface area contributed by atoms with Crippen molar-refractivity contribution < 1.29 is 9.52 Å². The summed E-state index contributed by atoms with van der Waals surface area (Å²) < 4.78 is 5.21. The molecular weight excluding hydrogens is 256 g/mol. The predicted molar refractivity (Wildman–Crippen MR) is 74.8 cm³/mol. The Morgan fingerprint density at radius 3 is 2.60 bits per heavy atom. The standard InChI is InChI=1S/C14H14N4O2/c1-8-4-11(5-9(2)13(8)19)7-16-18-14-12(6-15)17-10(3)20-14/h4-5,7,18-19H,1-3H3/b16-7+. The van der Waals surface area contributed by atoms with E-state index in [1.165, 1.54) is 0 Å². The number of phenolic OH excluding ortho intramolecular Hbond substituents is 1. The fourth-order valence-corrected chi connectivity index (χ4v) is 1.81. The van der Waals surface area contributed by atoms with E-state index in [1.807, 2.05) is 32.0 Å². The van der Waals surface area contributed by atoms with Crippen LogP contribution in [0.15, 0.2) is 21.7 Å². The number of nitrogens with one attached hydrogen (secondary N) is 1. The van der Waals surface area contributed by atoms with Gasteiger partial charge in [0.2, 0.25) is 5.69 Å². The number of hydrogen-bond acceptors (Lipinski definition) is 6. The monoisotopic (exact) mass is 270 g/mol. The number of phenols is 1. The number of aromatic nitrogens is 1. The minimum absolute atomic E-state index is 0.165. The molecule has 2 N–H and O–H groups in total. The maximum atomic E-state index is 9.69. The van der Waals surface area contributed by atoms with E-state index >= 15 is 0 Å². The molecule has 0 bridgehead atoms. The number of aryl methyl sites for hydroxylation is 3. The van der Waals surface area contributed by atoms with E-state index in [4.69, 9.17) is 9.68 Å². The number of rotatable bonds is 3. The van der Waals surface area contributed by atoms with Gasteiger partial charge in [-0.3, -0.25) is 0 Å². The smallest absolute Gasteiger partial charge is 0.252 e. The molecule has 0 aliphatic rings. The first kappa shape index (κ1) is 13.6. The highest BCUT2D eigenvalue weighted by Crippen LogP contribution is 2.22. The highest BCUT2D eigenvalue weighted by atomic mass is 16.4. The third-order valence-electron chi connectivity index (χ3n) is 2.73. The van der Waals surface area contributed by atoms with E-state index in [0.717, 1.165) is 16.7 Å². The third-order valence-corrected chi connectivity index (χ3v) is 2.73. The van der Waals surface area contributed by atoms with Gasteiger partial charge in [0.25, 0.3) is 5.88 Å². The van der Waals surface area contributed by atoms with Gasteiger partial charge in [-0.05, 0) is 42.7 Å². The summed E-state index contributed by atoms with van der Waals surface area (Å²) >= 11 is 0. The molecule has 1 aromatic carbocycles. The Bertz CT molecular complexity index is 687. The molecule has 0 aliphatic carbocycles. The highest BCUT2D eigenvalue weighted by molar-refractivity contribution is 5.81.